The van der Waals surface area contributed by atoms with E-state index in [2.05, 4.69) is 16.9 Å². The van der Waals surface area contributed by atoms with E-state index in [4.69, 9.17) is 0 Å². The third-order valence-electron chi connectivity index (χ3n) is 3.60. The number of rotatable bonds is 3. The number of carbonyl (C=O) groups excluding carboxylic acids is 1. The second kappa shape index (κ2) is 5.63. The van der Waals surface area contributed by atoms with Gasteiger partial charge in [0.1, 0.15) is 0 Å². The quantitative estimate of drug-likeness (QED) is 0.610. The van der Waals surface area contributed by atoms with Crippen molar-refractivity contribution >= 4 is 22.8 Å². The Morgan fingerprint density at radius 1 is 1.29 bits per heavy atom. The zero-order chi connectivity index (χ0) is 12.3. The molecule has 3 nitrogen and oxygen atoms in total. The van der Waals surface area contributed by atoms with Gasteiger partial charge in [0.2, 0.25) is 0 Å². The molecular weight excluding hydrogens is 232 g/mol. The summed E-state index contributed by atoms with van der Waals surface area (Å²) in [6.45, 7) is 1.91. The van der Waals surface area contributed by atoms with E-state index in [0.29, 0.717) is 6.04 Å². The number of carbonyl (C=O) groups is 1. The summed E-state index contributed by atoms with van der Waals surface area (Å²) in [5.41, 5.74) is 0.862. The summed E-state index contributed by atoms with van der Waals surface area (Å²) in [5, 5.41) is 0.997. The molecule has 0 amide bonds. The van der Waals surface area contributed by atoms with Crippen molar-refractivity contribution in [3.8, 4) is 0 Å². The molecule has 0 N–H and O–H groups in total. The SMILES string of the molecule is Cc1nc(N(C)C2CCCCCC2)sc1C=O. The fourth-order valence-electron chi connectivity index (χ4n) is 2.46. The van der Waals surface area contributed by atoms with Crippen LogP contribution in [-0.4, -0.2) is 24.4 Å². The first-order chi connectivity index (χ1) is 8.22. The molecular formula is C13H20N2OS. The molecule has 94 valence electrons. The number of aromatic nitrogens is 1. The maximum Gasteiger partial charge on any atom is 0.186 e. The van der Waals surface area contributed by atoms with E-state index in [1.807, 2.05) is 6.92 Å². The molecule has 1 fully saturated rings. The highest BCUT2D eigenvalue weighted by molar-refractivity contribution is 7.17. The Balaban J connectivity index is 2.11. The van der Waals surface area contributed by atoms with Gasteiger partial charge in [-0.1, -0.05) is 37.0 Å². The molecule has 1 aliphatic carbocycles. The molecule has 0 aromatic carbocycles. The van der Waals surface area contributed by atoms with Crippen LogP contribution in [-0.2, 0) is 0 Å². The van der Waals surface area contributed by atoms with Crippen LogP contribution in [0.1, 0.15) is 53.9 Å². The van der Waals surface area contributed by atoms with E-state index >= 15 is 0 Å². The van der Waals surface area contributed by atoms with Gasteiger partial charge in [-0.2, -0.15) is 0 Å². The molecule has 17 heavy (non-hydrogen) atoms. The summed E-state index contributed by atoms with van der Waals surface area (Å²) in [6.07, 6.45) is 8.79. The van der Waals surface area contributed by atoms with Crippen LogP contribution in [0.5, 0.6) is 0 Å². The van der Waals surface area contributed by atoms with Gasteiger partial charge < -0.3 is 4.90 Å². The number of aryl methyl sites for hydroxylation is 1. The number of hydrogen-bond donors (Lipinski definition) is 0. The minimum Gasteiger partial charge on any atom is -0.348 e. The zero-order valence-corrected chi connectivity index (χ0v) is 11.4. The second-order valence-electron chi connectivity index (χ2n) is 4.82. The number of hydrogen-bond acceptors (Lipinski definition) is 4. The van der Waals surface area contributed by atoms with Gasteiger partial charge in [-0.15, -0.1) is 0 Å². The summed E-state index contributed by atoms with van der Waals surface area (Å²) >= 11 is 1.51. The first-order valence-corrected chi connectivity index (χ1v) is 7.19. The Morgan fingerprint density at radius 2 is 1.94 bits per heavy atom. The van der Waals surface area contributed by atoms with Gasteiger partial charge in [0.15, 0.2) is 11.4 Å². The summed E-state index contributed by atoms with van der Waals surface area (Å²) in [4.78, 5) is 18.4. The molecule has 0 atom stereocenters. The Kier molecular flexibility index (Phi) is 4.15. The van der Waals surface area contributed by atoms with Crippen LogP contribution < -0.4 is 4.90 Å². The number of anilines is 1. The van der Waals surface area contributed by atoms with Crippen LogP contribution >= 0.6 is 11.3 Å². The second-order valence-corrected chi connectivity index (χ2v) is 5.83. The fourth-order valence-corrected chi connectivity index (χ4v) is 3.37. The van der Waals surface area contributed by atoms with Crippen molar-refractivity contribution in [3.63, 3.8) is 0 Å². The third-order valence-corrected chi connectivity index (χ3v) is 4.78. The van der Waals surface area contributed by atoms with E-state index in [-0.39, 0.29) is 0 Å². The highest BCUT2D eigenvalue weighted by atomic mass is 32.1. The predicted octanol–water partition coefficient (Wildman–Crippen LogP) is 3.42. The van der Waals surface area contributed by atoms with Crippen LogP contribution in [0.3, 0.4) is 0 Å². The van der Waals surface area contributed by atoms with Gasteiger partial charge >= 0.3 is 0 Å². The van der Waals surface area contributed by atoms with E-state index in [0.717, 1.165) is 22.0 Å². The lowest BCUT2D eigenvalue weighted by atomic mass is 10.1. The standard InChI is InChI=1S/C13H20N2OS/c1-10-12(9-16)17-13(14-10)15(2)11-7-5-3-4-6-8-11/h9,11H,3-8H2,1-2H3. The van der Waals surface area contributed by atoms with E-state index in [1.54, 1.807) is 0 Å². The first kappa shape index (κ1) is 12.6. The molecule has 0 aliphatic heterocycles. The zero-order valence-electron chi connectivity index (χ0n) is 10.6. The van der Waals surface area contributed by atoms with Gasteiger partial charge in [0, 0.05) is 13.1 Å². The van der Waals surface area contributed by atoms with Crippen LogP contribution in [0.4, 0.5) is 5.13 Å². The first-order valence-electron chi connectivity index (χ1n) is 6.38. The lowest BCUT2D eigenvalue weighted by Crippen LogP contribution is -2.30. The maximum atomic E-state index is 10.8. The number of aldehydes is 1. The van der Waals surface area contributed by atoms with Crippen LogP contribution in [0.15, 0.2) is 0 Å². The molecule has 0 spiro atoms. The summed E-state index contributed by atoms with van der Waals surface area (Å²) in [6, 6.07) is 0.600. The Hall–Kier alpha value is -0.900. The molecule has 0 saturated heterocycles. The Labute approximate surface area is 107 Å². The van der Waals surface area contributed by atoms with Crippen molar-refractivity contribution in [2.45, 2.75) is 51.5 Å². The molecule has 1 heterocycles. The average Bonchev–Trinajstić information content (AvgIpc) is 2.56. The van der Waals surface area contributed by atoms with Crippen molar-refractivity contribution in [2.24, 2.45) is 0 Å². The summed E-state index contributed by atoms with van der Waals surface area (Å²) < 4.78 is 0. The minimum atomic E-state index is 0.600. The summed E-state index contributed by atoms with van der Waals surface area (Å²) in [5.74, 6) is 0. The molecule has 1 saturated carbocycles. The molecule has 4 heteroatoms. The lowest BCUT2D eigenvalue weighted by molar-refractivity contribution is 0.112. The van der Waals surface area contributed by atoms with Gasteiger partial charge in [0.25, 0.3) is 0 Å². The molecule has 1 aromatic heterocycles. The smallest absolute Gasteiger partial charge is 0.186 e. The maximum absolute atomic E-state index is 10.8. The number of thiazole rings is 1. The molecule has 1 aliphatic rings. The fraction of sp³-hybridized carbons (Fsp3) is 0.692. The van der Waals surface area contributed by atoms with Crippen molar-refractivity contribution < 1.29 is 4.79 Å². The summed E-state index contributed by atoms with van der Waals surface area (Å²) in [7, 11) is 2.11. The molecule has 1 aromatic rings. The molecule has 2 rings (SSSR count). The van der Waals surface area contributed by atoms with Crippen LogP contribution in [0.2, 0.25) is 0 Å². The number of nitrogens with zero attached hydrogens (tertiary/aromatic N) is 2. The van der Waals surface area contributed by atoms with E-state index in [9.17, 15) is 4.79 Å². The molecule has 0 bridgehead atoms. The van der Waals surface area contributed by atoms with Gasteiger partial charge in [-0.25, -0.2) is 4.98 Å². The van der Waals surface area contributed by atoms with Crippen molar-refractivity contribution in [3.05, 3.63) is 10.6 Å². The van der Waals surface area contributed by atoms with Crippen molar-refractivity contribution in [1.82, 2.24) is 4.98 Å². The third kappa shape index (κ3) is 2.86. The lowest BCUT2D eigenvalue weighted by Gasteiger charge is -2.26. The molecule has 0 radical (unpaired) electrons. The predicted molar refractivity (Wildman–Crippen MR) is 72.1 cm³/mol. The largest absolute Gasteiger partial charge is 0.348 e. The topological polar surface area (TPSA) is 33.2 Å². The highest BCUT2D eigenvalue weighted by Gasteiger charge is 2.20. The highest BCUT2D eigenvalue weighted by Crippen LogP contribution is 2.29. The van der Waals surface area contributed by atoms with Crippen LogP contribution in [0, 0.1) is 6.92 Å². The Bertz CT molecular complexity index is 381. The van der Waals surface area contributed by atoms with Crippen LogP contribution in [0.25, 0.3) is 0 Å². The van der Waals surface area contributed by atoms with Gasteiger partial charge in [-0.3, -0.25) is 4.79 Å². The Morgan fingerprint density at radius 3 is 2.47 bits per heavy atom. The van der Waals surface area contributed by atoms with Crippen molar-refractivity contribution in [2.75, 3.05) is 11.9 Å². The van der Waals surface area contributed by atoms with E-state index < -0.39 is 0 Å². The van der Waals surface area contributed by atoms with Gasteiger partial charge in [-0.05, 0) is 19.8 Å². The normalized spacial score (nSPS) is 17.8. The molecule has 0 unspecified atom stereocenters. The monoisotopic (exact) mass is 252 g/mol. The minimum absolute atomic E-state index is 0.600. The van der Waals surface area contributed by atoms with Gasteiger partial charge in [0.05, 0.1) is 10.6 Å². The van der Waals surface area contributed by atoms with E-state index in [1.165, 1.54) is 49.9 Å². The van der Waals surface area contributed by atoms with Crippen molar-refractivity contribution in [1.29, 1.82) is 0 Å². The average molecular weight is 252 g/mol.